The van der Waals surface area contributed by atoms with E-state index in [9.17, 15) is 14.7 Å². The number of nitrogens with zero attached hydrogens (tertiary/aromatic N) is 1. The van der Waals surface area contributed by atoms with Gasteiger partial charge in [-0.05, 0) is 37.1 Å². The van der Waals surface area contributed by atoms with Gasteiger partial charge in [-0.1, -0.05) is 6.07 Å². The maximum atomic E-state index is 12.0. The van der Waals surface area contributed by atoms with Crippen LogP contribution in [0.4, 0.5) is 5.69 Å². The molecule has 1 unspecified atom stereocenters. The van der Waals surface area contributed by atoms with Crippen molar-refractivity contribution >= 4 is 29.3 Å². The molecule has 1 heterocycles. The van der Waals surface area contributed by atoms with Gasteiger partial charge in [0.15, 0.2) is 0 Å². The fraction of sp³-hybridized carbons (Fsp3) is 0.385. The normalized spacial score (nSPS) is 20.0. The third-order valence-electron chi connectivity index (χ3n) is 2.85. The topological polar surface area (TPSA) is 57.6 Å². The van der Waals surface area contributed by atoms with E-state index in [0.717, 1.165) is 11.1 Å². The van der Waals surface area contributed by atoms with Crippen molar-refractivity contribution in [1.29, 1.82) is 0 Å². The Kier molecular flexibility index (Phi) is 3.61. The van der Waals surface area contributed by atoms with Crippen LogP contribution in [0.15, 0.2) is 18.2 Å². The Morgan fingerprint density at radius 3 is 2.50 bits per heavy atom. The van der Waals surface area contributed by atoms with Crippen molar-refractivity contribution < 1.29 is 14.7 Å². The molecule has 1 aromatic rings. The monoisotopic (exact) mass is 265 g/mol. The third-order valence-corrected chi connectivity index (χ3v) is 3.85. The van der Waals surface area contributed by atoms with E-state index in [1.165, 1.54) is 16.7 Å². The molecule has 1 amide bonds. The first-order valence-corrected chi connectivity index (χ1v) is 6.85. The standard InChI is InChI=1S/C13H15NO3S/c1-8-3-9(2)5-10(4-8)14-11(13(16)17)6-18-7-12(14)15/h3-5,11H,6-7H2,1-2H3,(H,16,17). The Hall–Kier alpha value is -1.49. The highest BCUT2D eigenvalue weighted by atomic mass is 32.2. The number of aliphatic carboxylic acids is 1. The first kappa shape index (κ1) is 13.0. The quantitative estimate of drug-likeness (QED) is 0.886. The summed E-state index contributed by atoms with van der Waals surface area (Å²) in [6, 6.07) is 4.95. The average molecular weight is 265 g/mol. The largest absolute Gasteiger partial charge is 0.480 e. The molecule has 0 saturated carbocycles. The Labute approximate surface area is 110 Å². The predicted octanol–water partition coefficient (Wildman–Crippen LogP) is 1.84. The van der Waals surface area contributed by atoms with Gasteiger partial charge < -0.3 is 5.11 Å². The zero-order valence-electron chi connectivity index (χ0n) is 10.3. The summed E-state index contributed by atoms with van der Waals surface area (Å²) in [5.41, 5.74) is 2.74. The Bertz CT molecular complexity index is 481. The van der Waals surface area contributed by atoms with Crippen molar-refractivity contribution in [1.82, 2.24) is 0 Å². The summed E-state index contributed by atoms with van der Waals surface area (Å²) in [5.74, 6) is -0.302. The Morgan fingerprint density at radius 1 is 1.33 bits per heavy atom. The van der Waals surface area contributed by atoms with E-state index >= 15 is 0 Å². The van der Waals surface area contributed by atoms with Crippen LogP contribution in [-0.2, 0) is 9.59 Å². The first-order valence-electron chi connectivity index (χ1n) is 5.70. The number of thioether (sulfide) groups is 1. The number of rotatable bonds is 2. The molecule has 0 radical (unpaired) electrons. The lowest BCUT2D eigenvalue weighted by Crippen LogP contribution is -2.51. The molecule has 0 spiro atoms. The Morgan fingerprint density at radius 2 is 1.94 bits per heavy atom. The molecular weight excluding hydrogens is 250 g/mol. The minimum Gasteiger partial charge on any atom is -0.480 e. The number of anilines is 1. The van der Waals surface area contributed by atoms with Crippen molar-refractivity contribution in [3.8, 4) is 0 Å². The summed E-state index contributed by atoms with van der Waals surface area (Å²) in [4.78, 5) is 24.6. The van der Waals surface area contributed by atoms with E-state index in [-0.39, 0.29) is 5.91 Å². The molecule has 96 valence electrons. The van der Waals surface area contributed by atoms with Crippen LogP contribution in [0.3, 0.4) is 0 Å². The summed E-state index contributed by atoms with van der Waals surface area (Å²) in [5, 5.41) is 9.22. The number of hydrogen-bond acceptors (Lipinski definition) is 3. The zero-order valence-corrected chi connectivity index (χ0v) is 11.2. The molecule has 1 fully saturated rings. The van der Waals surface area contributed by atoms with E-state index < -0.39 is 12.0 Å². The van der Waals surface area contributed by atoms with Gasteiger partial charge in [0.2, 0.25) is 5.91 Å². The van der Waals surface area contributed by atoms with Crippen molar-refractivity contribution in [2.24, 2.45) is 0 Å². The first-order chi connectivity index (χ1) is 8.49. The summed E-state index contributed by atoms with van der Waals surface area (Å²) in [7, 11) is 0. The number of carboxylic acids is 1. The van der Waals surface area contributed by atoms with Crippen molar-refractivity contribution in [3.05, 3.63) is 29.3 Å². The number of carboxylic acid groups (broad SMARTS) is 1. The minimum absolute atomic E-state index is 0.136. The maximum Gasteiger partial charge on any atom is 0.327 e. The molecule has 1 saturated heterocycles. The van der Waals surface area contributed by atoms with E-state index in [0.29, 0.717) is 17.2 Å². The van der Waals surface area contributed by atoms with E-state index in [4.69, 9.17) is 0 Å². The lowest BCUT2D eigenvalue weighted by Gasteiger charge is -2.33. The fourth-order valence-electron chi connectivity index (χ4n) is 2.17. The molecule has 1 atom stereocenters. The van der Waals surface area contributed by atoms with Crippen LogP contribution in [0.1, 0.15) is 11.1 Å². The molecule has 1 aliphatic heterocycles. The van der Waals surface area contributed by atoms with Crippen LogP contribution in [0, 0.1) is 13.8 Å². The summed E-state index contributed by atoms with van der Waals surface area (Å²) < 4.78 is 0. The second-order valence-corrected chi connectivity index (χ2v) is 5.51. The van der Waals surface area contributed by atoms with Gasteiger partial charge in [-0.15, -0.1) is 11.8 Å². The molecule has 1 aromatic carbocycles. The van der Waals surface area contributed by atoms with Gasteiger partial charge in [0, 0.05) is 11.4 Å². The molecule has 4 nitrogen and oxygen atoms in total. The Balaban J connectivity index is 2.43. The molecule has 1 N–H and O–H groups in total. The van der Waals surface area contributed by atoms with Gasteiger partial charge in [-0.2, -0.15) is 0 Å². The number of aryl methyl sites for hydroxylation is 2. The van der Waals surface area contributed by atoms with Crippen LogP contribution in [0.2, 0.25) is 0 Å². The molecule has 0 bridgehead atoms. The lowest BCUT2D eigenvalue weighted by molar-refractivity contribution is -0.139. The summed E-state index contributed by atoms with van der Waals surface area (Å²) in [6.07, 6.45) is 0. The van der Waals surface area contributed by atoms with Crippen LogP contribution in [-0.4, -0.2) is 34.5 Å². The van der Waals surface area contributed by atoms with E-state index in [1.807, 2.05) is 32.0 Å². The van der Waals surface area contributed by atoms with Gasteiger partial charge in [0.25, 0.3) is 0 Å². The van der Waals surface area contributed by atoms with Crippen molar-refractivity contribution in [2.45, 2.75) is 19.9 Å². The van der Waals surface area contributed by atoms with Crippen LogP contribution < -0.4 is 4.90 Å². The molecule has 5 heteroatoms. The van der Waals surface area contributed by atoms with Crippen LogP contribution >= 0.6 is 11.8 Å². The van der Waals surface area contributed by atoms with Gasteiger partial charge in [-0.25, -0.2) is 4.79 Å². The third kappa shape index (κ3) is 2.51. The molecule has 2 rings (SSSR count). The van der Waals surface area contributed by atoms with Crippen LogP contribution in [0.25, 0.3) is 0 Å². The van der Waals surface area contributed by atoms with E-state index in [2.05, 4.69) is 0 Å². The van der Waals surface area contributed by atoms with E-state index in [1.54, 1.807) is 0 Å². The maximum absolute atomic E-state index is 12.0. The fourth-order valence-corrected chi connectivity index (χ4v) is 3.12. The van der Waals surface area contributed by atoms with Crippen molar-refractivity contribution in [2.75, 3.05) is 16.4 Å². The van der Waals surface area contributed by atoms with Gasteiger partial charge in [-0.3, -0.25) is 9.69 Å². The predicted molar refractivity (Wildman–Crippen MR) is 72.2 cm³/mol. The SMILES string of the molecule is Cc1cc(C)cc(N2C(=O)CSCC2C(=O)O)c1. The highest BCUT2D eigenvalue weighted by Crippen LogP contribution is 2.27. The molecule has 0 aliphatic carbocycles. The lowest BCUT2D eigenvalue weighted by atomic mass is 10.1. The smallest absolute Gasteiger partial charge is 0.327 e. The average Bonchev–Trinajstić information content (AvgIpc) is 2.26. The summed E-state index contributed by atoms with van der Waals surface area (Å²) >= 11 is 1.37. The minimum atomic E-state index is -0.949. The molecule has 18 heavy (non-hydrogen) atoms. The number of carbonyl (C=O) groups is 2. The van der Waals surface area contributed by atoms with Gasteiger partial charge in [0.1, 0.15) is 6.04 Å². The van der Waals surface area contributed by atoms with Gasteiger partial charge in [0.05, 0.1) is 5.75 Å². The number of carbonyl (C=O) groups excluding carboxylic acids is 1. The number of benzene rings is 1. The highest BCUT2D eigenvalue weighted by Gasteiger charge is 2.34. The number of hydrogen-bond donors (Lipinski definition) is 1. The van der Waals surface area contributed by atoms with Crippen LogP contribution in [0.5, 0.6) is 0 Å². The highest BCUT2D eigenvalue weighted by molar-refractivity contribution is 8.00. The second kappa shape index (κ2) is 5.02. The van der Waals surface area contributed by atoms with Gasteiger partial charge >= 0.3 is 5.97 Å². The zero-order chi connectivity index (χ0) is 13.3. The number of amides is 1. The summed E-state index contributed by atoms with van der Waals surface area (Å²) in [6.45, 7) is 3.88. The second-order valence-electron chi connectivity index (χ2n) is 4.48. The molecular formula is C13H15NO3S. The molecule has 1 aliphatic rings. The molecule has 0 aromatic heterocycles. The van der Waals surface area contributed by atoms with Crippen molar-refractivity contribution in [3.63, 3.8) is 0 Å².